The van der Waals surface area contributed by atoms with Crippen molar-refractivity contribution in [3.05, 3.63) is 46.3 Å². The van der Waals surface area contributed by atoms with Gasteiger partial charge in [-0.2, -0.15) is 0 Å². The van der Waals surface area contributed by atoms with Crippen LogP contribution in [0.1, 0.15) is 17.3 Å². The zero-order valence-corrected chi connectivity index (χ0v) is 12.8. The van der Waals surface area contributed by atoms with Gasteiger partial charge in [0.15, 0.2) is 0 Å². The van der Waals surface area contributed by atoms with Crippen LogP contribution in [0, 0.1) is 5.82 Å². The van der Waals surface area contributed by atoms with E-state index in [1.165, 1.54) is 24.4 Å². The molecular formula is C14H13BrFN3O2. The molecular weight excluding hydrogens is 341 g/mol. The Labute approximate surface area is 129 Å². The summed E-state index contributed by atoms with van der Waals surface area (Å²) in [5.74, 6) is -0.556. The summed E-state index contributed by atoms with van der Waals surface area (Å²) in [4.78, 5) is 15.8. The summed E-state index contributed by atoms with van der Waals surface area (Å²) >= 11 is 3.30. The molecule has 110 valence electrons. The normalized spacial score (nSPS) is 10.2. The fourth-order valence-corrected chi connectivity index (χ4v) is 2.00. The third kappa shape index (κ3) is 3.69. The average molecular weight is 354 g/mol. The Morgan fingerprint density at radius 2 is 2.24 bits per heavy atom. The lowest BCUT2D eigenvalue weighted by Crippen LogP contribution is -2.09. The number of esters is 1. The lowest BCUT2D eigenvalue weighted by atomic mass is 10.2. The molecule has 0 amide bonds. The van der Waals surface area contributed by atoms with Gasteiger partial charge in [0.1, 0.15) is 11.6 Å². The number of ether oxygens (including phenoxy) is 1. The number of hydrogen-bond acceptors (Lipinski definition) is 5. The molecule has 0 radical (unpaired) electrons. The second-order valence-electron chi connectivity index (χ2n) is 4.13. The number of nitrogens with two attached hydrogens (primary N) is 1. The van der Waals surface area contributed by atoms with Gasteiger partial charge in [0.2, 0.25) is 0 Å². The number of pyridine rings is 1. The summed E-state index contributed by atoms with van der Waals surface area (Å²) in [5, 5.41) is 2.92. The molecule has 0 aliphatic heterocycles. The number of nitrogens with zero attached hydrogens (tertiary/aromatic N) is 1. The first kappa shape index (κ1) is 15.2. The highest BCUT2D eigenvalue weighted by atomic mass is 79.9. The number of nitrogen functional groups attached to an aromatic ring is 1. The van der Waals surface area contributed by atoms with Gasteiger partial charge in [-0.1, -0.05) is 0 Å². The first-order chi connectivity index (χ1) is 10.0. The molecule has 0 saturated carbocycles. The summed E-state index contributed by atoms with van der Waals surface area (Å²) in [6.07, 6.45) is 1.35. The second-order valence-corrected chi connectivity index (χ2v) is 4.98. The molecule has 0 bridgehead atoms. The summed E-state index contributed by atoms with van der Waals surface area (Å²) in [7, 11) is 0. The van der Waals surface area contributed by atoms with Crippen molar-refractivity contribution in [3.63, 3.8) is 0 Å². The average Bonchev–Trinajstić information content (AvgIpc) is 2.45. The van der Waals surface area contributed by atoms with Gasteiger partial charge in [0.25, 0.3) is 0 Å². The number of hydrogen-bond donors (Lipinski definition) is 2. The van der Waals surface area contributed by atoms with Gasteiger partial charge in [-0.25, -0.2) is 14.2 Å². The van der Waals surface area contributed by atoms with Crippen molar-refractivity contribution in [2.75, 3.05) is 17.7 Å². The highest BCUT2D eigenvalue weighted by Crippen LogP contribution is 2.27. The molecule has 1 aromatic carbocycles. The van der Waals surface area contributed by atoms with Crippen LogP contribution in [0.15, 0.2) is 34.9 Å². The van der Waals surface area contributed by atoms with Crippen LogP contribution < -0.4 is 11.1 Å². The number of anilines is 3. The second kappa shape index (κ2) is 6.53. The fourth-order valence-electron chi connectivity index (χ4n) is 1.65. The van der Waals surface area contributed by atoms with Gasteiger partial charge in [0, 0.05) is 4.47 Å². The quantitative estimate of drug-likeness (QED) is 0.822. The van der Waals surface area contributed by atoms with E-state index in [0.717, 1.165) is 0 Å². The van der Waals surface area contributed by atoms with E-state index in [1.54, 1.807) is 13.0 Å². The molecule has 1 aromatic heterocycles. The minimum Gasteiger partial charge on any atom is -0.462 e. The molecule has 0 aliphatic rings. The van der Waals surface area contributed by atoms with Crippen LogP contribution in [0.2, 0.25) is 0 Å². The summed E-state index contributed by atoms with van der Waals surface area (Å²) in [6.45, 7) is 1.96. The minimum atomic E-state index is -0.529. The van der Waals surface area contributed by atoms with Crippen LogP contribution in [0.4, 0.5) is 21.6 Å². The molecule has 7 heteroatoms. The summed E-state index contributed by atoms with van der Waals surface area (Å²) in [5.41, 5.74) is 6.63. The van der Waals surface area contributed by atoms with E-state index in [9.17, 15) is 9.18 Å². The van der Waals surface area contributed by atoms with Crippen LogP contribution >= 0.6 is 15.9 Å². The Morgan fingerprint density at radius 1 is 1.48 bits per heavy atom. The van der Waals surface area contributed by atoms with E-state index in [1.807, 2.05) is 0 Å². The van der Waals surface area contributed by atoms with Crippen molar-refractivity contribution in [1.29, 1.82) is 0 Å². The van der Waals surface area contributed by atoms with E-state index in [0.29, 0.717) is 16.0 Å². The van der Waals surface area contributed by atoms with Crippen LogP contribution in [0.3, 0.4) is 0 Å². The third-order valence-electron chi connectivity index (χ3n) is 2.62. The third-order valence-corrected chi connectivity index (χ3v) is 3.31. The number of carbonyl (C=O) groups excluding carboxylic acids is 1. The van der Waals surface area contributed by atoms with Gasteiger partial charge in [-0.3, -0.25) is 0 Å². The van der Waals surface area contributed by atoms with E-state index < -0.39 is 5.97 Å². The highest BCUT2D eigenvalue weighted by molar-refractivity contribution is 9.10. The molecule has 2 aromatic rings. The van der Waals surface area contributed by atoms with Gasteiger partial charge >= 0.3 is 5.97 Å². The molecule has 0 saturated heterocycles. The molecule has 2 rings (SSSR count). The first-order valence-corrected chi connectivity index (χ1v) is 6.95. The van der Waals surface area contributed by atoms with Crippen molar-refractivity contribution in [1.82, 2.24) is 4.98 Å². The maximum absolute atomic E-state index is 13.2. The number of rotatable bonds is 4. The molecule has 0 fully saturated rings. The molecule has 5 nitrogen and oxygen atoms in total. The largest absolute Gasteiger partial charge is 0.462 e. The van der Waals surface area contributed by atoms with E-state index in [-0.39, 0.29) is 23.7 Å². The number of benzene rings is 1. The zero-order valence-electron chi connectivity index (χ0n) is 11.2. The van der Waals surface area contributed by atoms with Gasteiger partial charge in [-0.15, -0.1) is 0 Å². The molecule has 0 aliphatic carbocycles. The Morgan fingerprint density at radius 3 is 2.95 bits per heavy atom. The Bertz CT molecular complexity index is 679. The van der Waals surface area contributed by atoms with E-state index in [2.05, 4.69) is 26.2 Å². The van der Waals surface area contributed by atoms with E-state index >= 15 is 0 Å². The van der Waals surface area contributed by atoms with Crippen molar-refractivity contribution in [3.8, 4) is 0 Å². The summed E-state index contributed by atoms with van der Waals surface area (Å²) in [6, 6.07) is 5.67. The smallest absolute Gasteiger partial charge is 0.340 e. The van der Waals surface area contributed by atoms with Crippen molar-refractivity contribution in [2.45, 2.75) is 6.92 Å². The molecule has 1 heterocycles. The molecule has 0 atom stereocenters. The maximum Gasteiger partial charge on any atom is 0.340 e. The van der Waals surface area contributed by atoms with Gasteiger partial charge in [-0.05, 0) is 47.1 Å². The standard InChI is InChI=1S/C14H13BrFN3O2/c1-2-21-14(20)9-6-13(18-7-11(9)17)19-12-5-8(16)3-4-10(12)15/h3-7H,2,17H2,1H3,(H,18,19). The molecule has 0 spiro atoms. The number of halogens is 2. The van der Waals surface area contributed by atoms with Crippen LogP contribution in [-0.4, -0.2) is 17.6 Å². The van der Waals surface area contributed by atoms with Crippen LogP contribution in [-0.2, 0) is 4.74 Å². The SMILES string of the molecule is CCOC(=O)c1cc(Nc2cc(F)ccc2Br)ncc1N. The number of carbonyl (C=O) groups is 1. The number of aromatic nitrogens is 1. The molecule has 3 N–H and O–H groups in total. The van der Waals surface area contributed by atoms with Crippen LogP contribution in [0.5, 0.6) is 0 Å². The predicted molar refractivity (Wildman–Crippen MR) is 82.0 cm³/mol. The first-order valence-electron chi connectivity index (χ1n) is 6.16. The Kier molecular flexibility index (Phi) is 4.74. The molecule has 0 unspecified atom stereocenters. The van der Waals surface area contributed by atoms with Crippen molar-refractivity contribution in [2.24, 2.45) is 0 Å². The fraction of sp³-hybridized carbons (Fsp3) is 0.143. The topological polar surface area (TPSA) is 77.2 Å². The van der Waals surface area contributed by atoms with Crippen molar-refractivity contribution >= 4 is 39.1 Å². The van der Waals surface area contributed by atoms with Crippen LogP contribution in [0.25, 0.3) is 0 Å². The lowest BCUT2D eigenvalue weighted by Gasteiger charge is -2.10. The zero-order chi connectivity index (χ0) is 15.4. The van der Waals surface area contributed by atoms with Gasteiger partial charge in [0.05, 0.1) is 29.7 Å². The highest BCUT2D eigenvalue weighted by Gasteiger charge is 2.13. The predicted octanol–water partition coefficient (Wildman–Crippen LogP) is 3.49. The van der Waals surface area contributed by atoms with Crippen molar-refractivity contribution < 1.29 is 13.9 Å². The monoisotopic (exact) mass is 353 g/mol. The minimum absolute atomic E-state index is 0.210. The summed E-state index contributed by atoms with van der Waals surface area (Å²) < 4.78 is 18.8. The Hall–Kier alpha value is -2.15. The van der Waals surface area contributed by atoms with Gasteiger partial charge < -0.3 is 15.8 Å². The molecule has 21 heavy (non-hydrogen) atoms. The maximum atomic E-state index is 13.2. The number of nitrogens with one attached hydrogen (secondary N) is 1. The lowest BCUT2D eigenvalue weighted by molar-refractivity contribution is 0.0527. The van der Waals surface area contributed by atoms with E-state index in [4.69, 9.17) is 10.5 Å². The Balaban J connectivity index is 2.31.